The number of halogens is 3. The third-order valence-electron chi connectivity index (χ3n) is 4.91. The smallest absolute Gasteiger partial charge is 0.377 e. The Hall–Kier alpha value is -3.16. The SMILES string of the molecule is CC(C)(C)C1=NOC(C)(C(=O)O/N=C(\c2ccccc2)c2ccc(C(F)(F)F)cc2)C1. The zero-order valence-electron chi connectivity index (χ0n) is 17.7. The number of hydrogen-bond donors (Lipinski definition) is 0. The quantitative estimate of drug-likeness (QED) is 0.360. The van der Waals surface area contributed by atoms with Crippen LogP contribution in [0.15, 0.2) is 64.9 Å². The highest BCUT2D eigenvalue weighted by Crippen LogP contribution is 2.33. The molecule has 1 heterocycles. The maximum atomic E-state index is 12.9. The molecule has 0 radical (unpaired) electrons. The summed E-state index contributed by atoms with van der Waals surface area (Å²) in [6.45, 7) is 7.45. The summed E-state index contributed by atoms with van der Waals surface area (Å²) in [5.74, 6) is -0.740. The van der Waals surface area contributed by atoms with Crippen LogP contribution in [0.1, 0.15) is 50.8 Å². The highest BCUT2D eigenvalue weighted by atomic mass is 19.4. The molecule has 164 valence electrons. The molecule has 1 unspecified atom stereocenters. The van der Waals surface area contributed by atoms with Crippen LogP contribution < -0.4 is 0 Å². The van der Waals surface area contributed by atoms with Crippen LogP contribution in [-0.4, -0.2) is 23.0 Å². The second-order valence-corrected chi connectivity index (χ2v) is 8.55. The van der Waals surface area contributed by atoms with E-state index in [1.165, 1.54) is 12.1 Å². The molecule has 5 nitrogen and oxygen atoms in total. The molecule has 0 fully saturated rings. The van der Waals surface area contributed by atoms with Gasteiger partial charge in [0, 0.05) is 23.0 Å². The largest absolute Gasteiger partial charge is 0.416 e. The minimum absolute atomic E-state index is 0.223. The average molecular weight is 432 g/mol. The van der Waals surface area contributed by atoms with E-state index in [0.29, 0.717) is 11.1 Å². The molecule has 0 N–H and O–H groups in total. The van der Waals surface area contributed by atoms with Gasteiger partial charge in [-0.15, -0.1) is 0 Å². The molecular weight excluding hydrogens is 409 g/mol. The lowest BCUT2D eigenvalue weighted by atomic mass is 9.84. The Morgan fingerprint density at radius 1 is 1.03 bits per heavy atom. The molecule has 0 amide bonds. The number of rotatable bonds is 4. The Morgan fingerprint density at radius 3 is 2.13 bits per heavy atom. The van der Waals surface area contributed by atoms with E-state index < -0.39 is 23.3 Å². The maximum absolute atomic E-state index is 12.9. The molecule has 2 aromatic rings. The first-order chi connectivity index (χ1) is 14.4. The second kappa shape index (κ2) is 8.17. The summed E-state index contributed by atoms with van der Waals surface area (Å²) < 4.78 is 38.7. The summed E-state index contributed by atoms with van der Waals surface area (Å²) in [6, 6.07) is 13.2. The van der Waals surface area contributed by atoms with E-state index >= 15 is 0 Å². The molecular formula is C23H23F3N2O3. The fourth-order valence-electron chi connectivity index (χ4n) is 2.92. The number of oxime groups is 2. The summed E-state index contributed by atoms with van der Waals surface area (Å²) in [5.41, 5.74) is -0.469. The lowest BCUT2D eigenvalue weighted by molar-refractivity contribution is -0.167. The highest BCUT2D eigenvalue weighted by molar-refractivity contribution is 6.12. The minimum atomic E-state index is -4.45. The monoisotopic (exact) mass is 432 g/mol. The van der Waals surface area contributed by atoms with Crippen molar-refractivity contribution in [3.63, 3.8) is 0 Å². The Kier molecular flexibility index (Phi) is 5.93. The summed E-state index contributed by atoms with van der Waals surface area (Å²) in [7, 11) is 0. The molecule has 0 aromatic heterocycles. The fourth-order valence-corrected chi connectivity index (χ4v) is 2.92. The van der Waals surface area contributed by atoms with Gasteiger partial charge in [-0.25, -0.2) is 4.79 Å². The number of benzene rings is 2. The van der Waals surface area contributed by atoms with Gasteiger partial charge >= 0.3 is 12.1 Å². The third-order valence-corrected chi connectivity index (χ3v) is 4.91. The molecule has 1 atom stereocenters. The molecule has 0 aliphatic carbocycles. The van der Waals surface area contributed by atoms with Crippen molar-refractivity contribution < 1.29 is 27.6 Å². The first-order valence-corrected chi connectivity index (χ1v) is 9.68. The molecule has 0 bridgehead atoms. The zero-order valence-corrected chi connectivity index (χ0v) is 17.7. The Bertz CT molecular complexity index is 1010. The van der Waals surface area contributed by atoms with E-state index in [0.717, 1.165) is 17.8 Å². The van der Waals surface area contributed by atoms with Gasteiger partial charge in [0.2, 0.25) is 5.60 Å². The predicted octanol–water partition coefficient (Wildman–Crippen LogP) is 5.58. The normalized spacial score (nSPS) is 19.6. The lowest BCUT2D eigenvalue weighted by Gasteiger charge is -2.20. The maximum Gasteiger partial charge on any atom is 0.416 e. The molecule has 0 spiro atoms. The van der Waals surface area contributed by atoms with Gasteiger partial charge in [0.1, 0.15) is 5.71 Å². The van der Waals surface area contributed by atoms with Crippen molar-refractivity contribution in [2.45, 2.75) is 45.9 Å². The molecule has 3 rings (SSSR count). The zero-order chi connectivity index (χ0) is 22.9. The molecule has 1 aliphatic heterocycles. The molecule has 8 heteroatoms. The molecule has 0 saturated heterocycles. The van der Waals surface area contributed by atoms with Gasteiger partial charge in [-0.05, 0) is 19.1 Å². The second-order valence-electron chi connectivity index (χ2n) is 8.55. The molecule has 2 aromatic carbocycles. The van der Waals surface area contributed by atoms with Crippen LogP contribution in [0.4, 0.5) is 13.2 Å². The standard InChI is InChI=1S/C23H23F3N2O3/c1-21(2,3)18-14-22(4,31-27-18)20(29)30-28-19(15-8-6-5-7-9-15)16-10-12-17(13-11-16)23(24,25)26/h5-13H,14H2,1-4H3/b28-19+. The molecule has 0 saturated carbocycles. The van der Waals surface area contributed by atoms with E-state index in [4.69, 9.17) is 9.68 Å². The van der Waals surface area contributed by atoms with Gasteiger partial charge in [-0.2, -0.15) is 13.2 Å². The highest BCUT2D eigenvalue weighted by Gasteiger charge is 2.46. The van der Waals surface area contributed by atoms with Gasteiger partial charge in [-0.1, -0.05) is 73.5 Å². The van der Waals surface area contributed by atoms with E-state index in [1.807, 2.05) is 20.8 Å². The van der Waals surface area contributed by atoms with Crippen LogP contribution in [0.25, 0.3) is 0 Å². The average Bonchev–Trinajstić information content (AvgIpc) is 3.13. The van der Waals surface area contributed by atoms with Crippen LogP contribution >= 0.6 is 0 Å². The van der Waals surface area contributed by atoms with Crippen molar-refractivity contribution in [2.75, 3.05) is 0 Å². The number of hydrogen-bond acceptors (Lipinski definition) is 5. The van der Waals surface area contributed by atoms with Gasteiger partial charge in [-0.3, -0.25) is 0 Å². The first kappa shape index (κ1) is 22.5. The van der Waals surface area contributed by atoms with Crippen molar-refractivity contribution >= 4 is 17.4 Å². The van der Waals surface area contributed by atoms with Crippen molar-refractivity contribution in [1.29, 1.82) is 0 Å². The van der Waals surface area contributed by atoms with E-state index in [2.05, 4.69) is 10.3 Å². The summed E-state index contributed by atoms with van der Waals surface area (Å²) in [4.78, 5) is 23.3. The number of carbonyl (C=O) groups excluding carboxylic acids is 1. The van der Waals surface area contributed by atoms with E-state index in [1.54, 1.807) is 37.3 Å². The van der Waals surface area contributed by atoms with Gasteiger partial charge in [0.05, 0.1) is 11.3 Å². The van der Waals surface area contributed by atoms with Crippen LogP contribution in [0.5, 0.6) is 0 Å². The van der Waals surface area contributed by atoms with Gasteiger partial charge in [0.25, 0.3) is 0 Å². The van der Waals surface area contributed by atoms with Crippen LogP contribution in [0.3, 0.4) is 0 Å². The minimum Gasteiger partial charge on any atom is -0.377 e. The van der Waals surface area contributed by atoms with Crippen LogP contribution in [-0.2, 0) is 20.6 Å². The topological polar surface area (TPSA) is 60.2 Å². The lowest BCUT2D eigenvalue weighted by Crippen LogP contribution is -2.38. The van der Waals surface area contributed by atoms with Gasteiger partial charge < -0.3 is 9.68 Å². The van der Waals surface area contributed by atoms with Gasteiger partial charge in [0.15, 0.2) is 0 Å². The van der Waals surface area contributed by atoms with Crippen molar-refractivity contribution in [3.8, 4) is 0 Å². The Balaban J connectivity index is 1.87. The molecule has 31 heavy (non-hydrogen) atoms. The first-order valence-electron chi connectivity index (χ1n) is 9.68. The van der Waals surface area contributed by atoms with E-state index in [-0.39, 0.29) is 17.5 Å². The Morgan fingerprint density at radius 2 is 1.61 bits per heavy atom. The Labute approximate surface area is 178 Å². The summed E-state index contributed by atoms with van der Waals surface area (Å²) in [6.07, 6.45) is -4.19. The number of alkyl halides is 3. The predicted molar refractivity (Wildman–Crippen MR) is 111 cm³/mol. The van der Waals surface area contributed by atoms with Crippen LogP contribution in [0.2, 0.25) is 0 Å². The molecule has 1 aliphatic rings. The fraction of sp³-hybridized carbons (Fsp3) is 0.348. The number of nitrogens with zero attached hydrogens (tertiary/aromatic N) is 2. The summed E-state index contributed by atoms with van der Waals surface area (Å²) in [5, 5.41) is 8.01. The third kappa shape index (κ3) is 5.13. The van der Waals surface area contributed by atoms with Crippen LogP contribution in [0, 0.1) is 5.41 Å². The summed E-state index contributed by atoms with van der Waals surface area (Å²) >= 11 is 0. The van der Waals surface area contributed by atoms with Crippen molar-refractivity contribution in [1.82, 2.24) is 0 Å². The number of carbonyl (C=O) groups is 1. The van der Waals surface area contributed by atoms with Crippen molar-refractivity contribution in [3.05, 3.63) is 71.3 Å². The van der Waals surface area contributed by atoms with Crippen molar-refractivity contribution in [2.24, 2.45) is 15.7 Å². The van der Waals surface area contributed by atoms with E-state index in [9.17, 15) is 18.0 Å².